The fourth-order valence-corrected chi connectivity index (χ4v) is 0.914. The van der Waals surface area contributed by atoms with Gasteiger partial charge in [0.2, 0.25) is 5.91 Å². The molecule has 0 aliphatic carbocycles. The fourth-order valence-electron chi connectivity index (χ4n) is 0.742. The Hall–Kier alpha value is -0.810. The van der Waals surface area contributed by atoms with Crippen LogP contribution in [0.25, 0.3) is 0 Å². The van der Waals surface area contributed by atoms with Gasteiger partial charge < -0.3 is 10.2 Å². The molecule has 0 rings (SSSR count). The summed E-state index contributed by atoms with van der Waals surface area (Å²) in [6.45, 7) is 2.47. The minimum Gasteiger partial charge on any atom is -0.336 e. The Morgan fingerprint density at radius 3 is 2.47 bits per heavy atom. The van der Waals surface area contributed by atoms with E-state index in [1.54, 1.807) is 0 Å². The summed E-state index contributed by atoms with van der Waals surface area (Å²) in [5, 5.41) is 4.78. The first-order chi connectivity index (χ1) is 6.97. The molecule has 0 bridgehead atoms. The van der Waals surface area contributed by atoms with Crippen LogP contribution >= 0.6 is 11.6 Å². The highest BCUT2D eigenvalue weighted by Gasteiger charge is 2.09. The molecule has 15 heavy (non-hydrogen) atoms. The first-order valence-corrected chi connectivity index (χ1v) is 5.31. The van der Waals surface area contributed by atoms with Gasteiger partial charge in [-0.2, -0.15) is 0 Å². The predicted octanol–water partition coefficient (Wildman–Crippen LogP) is 0.391. The van der Waals surface area contributed by atoms with Gasteiger partial charge in [-0.25, -0.2) is 4.79 Å². The molecule has 3 amide bonds. The Morgan fingerprint density at radius 1 is 1.40 bits per heavy atom. The smallest absolute Gasteiger partial charge is 0.321 e. The zero-order valence-electron chi connectivity index (χ0n) is 9.34. The molecule has 1 unspecified atom stereocenters. The second-order valence-electron chi connectivity index (χ2n) is 3.51. The van der Waals surface area contributed by atoms with Crippen molar-refractivity contribution in [2.75, 3.05) is 26.5 Å². The lowest BCUT2D eigenvalue weighted by atomic mass is 10.3. The maximum absolute atomic E-state index is 11.2. The Morgan fingerprint density at radius 2 is 2.00 bits per heavy atom. The number of nitrogens with zero attached hydrogens (tertiary/aromatic N) is 1. The molecule has 0 aromatic carbocycles. The highest BCUT2D eigenvalue weighted by atomic mass is 35.5. The van der Waals surface area contributed by atoms with Crippen molar-refractivity contribution in [3.05, 3.63) is 0 Å². The van der Waals surface area contributed by atoms with Gasteiger partial charge in [0.05, 0.1) is 0 Å². The average Bonchev–Trinajstić information content (AvgIpc) is 2.14. The third-order valence-corrected chi connectivity index (χ3v) is 2.20. The van der Waals surface area contributed by atoms with Gasteiger partial charge in [0.25, 0.3) is 0 Å². The Labute approximate surface area is 95.1 Å². The van der Waals surface area contributed by atoms with Gasteiger partial charge in [-0.3, -0.25) is 10.1 Å². The van der Waals surface area contributed by atoms with E-state index >= 15 is 0 Å². The van der Waals surface area contributed by atoms with Gasteiger partial charge in [-0.05, 0) is 21.0 Å². The van der Waals surface area contributed by atoms with Crippen LogP contribution in [0.5, 0.6) is 0 Å². The number of likely N-dealkylation sites (N-methyl/N-ethyl adjacent to an activating group) is 1. The first kappa shape index (κ1) is 14.2. The van der Waals surface area contributed by atoms with Crippen LogP contribution in [-0.2, 0) is 4.79 Å². The number of amides is 3. The predicted molar refractivity (Wildman–Crippen MR) is 60.0 cm³/mol. The Bertz CT molecular complexity index is 221. The lowest BCUT2D eigenvalue weighted by molar-refractivity contribution is -0.119. The fraction of sp³-hybridized carbons (Fsp3) is 0.778. The quantitative estimate of drug-likeness (QED) is 0.678. The van der Waals surface area contributed by atoms with Crippen LogP contribution in [0, 0.1) is 0 Å². The van der Waals surface area contributed by atoms with Gasteiger partial charge >= 0.3 is 6.03 Å². The standard InChI is InChI=1S/C9H18ClN3O2/c1-7(13(2)3)6-11-9(15)12-8(14)4-5-10/h7H,4-6H2,1-3H3,(H2,11,12,14,15). The number of alkyl halides is 1. The molecule has 0 aromatic rings. The van der Waals surface area contributed by atoms with E-state index in [0.29, 0.717) is 6.54 Å². The Balaban J connectivity index is 3.70. The molecule has 6 heteroatoms. The minimum atomic E-state index is -0.473. The number of hydrogen-bond acceptors (Lipinski definition) is 3. The van der Waals surface area contributed by atoms with Crippen LogP contribution in [0.3, 0.4) is 0 Å². The van der Waals surface area contributed by atoms with E-state index in [1.165, 1.54) is 0 Å². The van der Waals surface area contributed by atoms with Crippen LogP contribution in [0.2, 0.25) is 0 Å². The average molecular weight is 236 g/mol. The van der Waals surface area contributed by atoms with Crippen molar-refractivity contribution < 1.29 is 9.59 Å². The highest BCUT2D eigenvalue weighted by Crippen LogP contribution is 1.88. The molecule has 0 heterocycles. The molecule has 5 nitrogen and oxygen atoms in total. The van der Waals surface area contributed by atoms with Crippen LogP contribution < -0.4 is 10.6 Å². The normalized spacial score (nSPS) is 12.3. The third kappa shape index (κ3) is 7.16. The molecule has 0 saturated carbocycles. The number of urea groups is 1. The maximum atomic E-state index is 11.2. The van der Waals surface area contributed by atoms with Crippen LogP contribution in [0.1, 0.15) is 13.3 Å². The van der Waals surface area contributed by atoms with Crippen molar-refractivity contribution in [2.24, 2.45) is 0 Å². The van der Waals surface area contributed by atoms with E-state index in [1.807, 2.05) is 25.9 Å². The minimum absolute atomic E-state index is 0.151. The summed E-state index contributed by atoms with van der Waals surface area (Å²) in [5.74, 6) is -0.146. The van der Waals surface area contributed by atoms with Gasteiger partial charge in [-0.1, -0.05) is 0 Å². The van der Waals surface area contributed by atoms with Crippen LogP contribution in [0.15, 0.2) is 0 Å². The van der Waals surface area contributed by atoms with E-state index in [4.69, 9.17) is 11.6 Å². The van der Waals surface area contributed by atoms with Crippen molar-refractivity contribution in [3.8, 4) is 0 Å². The van der Waals surface area contributed by atoms with Gasteiger partial charge in [0.1, 0.15) is 0 Å². The summed E-state index contributed by atoms with van der Waals surface area (Å²) in [6, 6.07) is -0.252. The molecule has 2 N–H and O–H groups in total. The number of rotatable bonds is 5. The second-order valence-corrected chi connectivity index (χ2v) is 3.89. The molecule has 0 saturated heterocycles. The van der Waals surface area contributed by atoms with E-state index in [2.05, 4.69) is 10.6 Å². The molecule has 0 fully saturated rings. The lowest BCUT2D eigenvalue weighted by Crippen LogP contribution is -2.44. The molecule has 0 radical (unpaired) electrons. The van der Waals surface area contributed by atoms with Crippen molar-refractivity contribution >= 4 is 23.5 Å². The largest absolute Gasteiger partial charge is 0.336 e. The van der Waals surface area contributed by atoms with Crippen molar-refractivity contribution in [3.63, 3.8) is 0 Å². The lowest BCUT2D eigenvalue weighted by Gasteiger charge is -2.19. The van der Waals surface area contributed by atoms with Crippen LogP contribution in [-0.4, -0.2) is 49.4 Å². The Kier molecular flexibility index (Phi) is 7.07. The van der Waals surface area contributed by atoms with Crippen molar-refractivity contribution in [1.29, 1.82) is 0 Å². The number of carbonyl (C=O) groups is 2. The van der Waals surface area contributed by atoms with Crippen LogP contribution in [0.4, 0.5) is 4.79 Å². The molecule has 0 aliphatic rings. The summed E-state index contributed by atoms with van der Waals surface area (Å²) >= 11 is 5.35. The summed E-state index contributed by atoms with van der Waals surface area (Å²) in [5.41, 5.74) is 0. The molecular formula is C9H18ClN3O2. The SMILES string of the molecule is CC(CNC(=O)NC(=O)CCCl)N(C)C. The maximum Gasteiger partial charge on any atom is 0.321 e. The third-order valence-electron chi connectivity index (χ3n) is 2.01. The summed E-state index contributed by atoms with van der Waals surface area (Å²) in [6.07, 6.45) is 0.151. The van der Waals surface area contributed by atoms with E-state index in [9.17, 15) is 9.59 Å². The zero-order valence-corrected chi connectivity index (χ0v) is 10.1. The zero-order chi connectivity index (χ0) is 11.8. The number of hydrogen-bond donors (Lipinski definition) is 2. The molecule has 1 atom stereocenters. The monoisotopic (exact) mass is 235 g/mol. The van der Waals surface area contributed by atoms with Gasteiger partial charge in [-0.15, -0.1) is 11.6 Å². The summed E-state index contributed by atoms with van der Waals surface area (Å²) in [4.78, 5) is 24.1. The van der Waals surface area contributed by atoms with Gasteiger partial charge in [0.15, 0.2) is 0 Å². The molecule has 0 aliphatic heterocycles. The van der Waals surface area contributed by atoms with E-state index < -0.39 is 6.03 Å². The molecule has 88 valence electrons. The summed E-state index contributed by atoms with van der Waals surface area (Å²) < 4.78 is 0. The first-order valence-electron chi connectivity index (χ1n) is 4.77. The number of halogens is 1. The number of nitrogens with one attached hydrogen (secondary N) is 2. The summed E-state index contributed by atoms with van der Waals surface area (Å²) in [7, 11) is 3.84. The topological polar surface area (TPSA) is 61.4 Å². The second kappa shape index (κ2) is 7.48. The van der Waals surface area contributed by atoms with Crippen molar-refractivity contribution in [1.82, 2.24) is 15.5 Å². The molecular weight excluding hydrogens is 218 g/mol. The number of carbonyl (C=O) groups excluding carboxylic acids is 2. The molecule has 0 aromatic heterocycles. The van der Waals surface area contributed by atoms with E-state index in [0.717, 1.165) is 0 Å². The van der Waals surface area contributed by atoms with Crippen molar-refractivity contribution in [2.45, 2.75) is 19.4 Å². The van der Waals surface area contributed by atoms with E-state index in [-0.39, 0.29) is 24.2 Å². The van der Waals surface area contributed by atoms with Gasteiger partial charge in [0, 0.05) is 24.9 Å². The highest BCUT2D eigenvalue weighted by molar-refractivity contribution is 6.19. The molecule has 0 spiro atoms. The number of imide groups is 1.